The number of unbranched alkanes of at least 4 members (excludes halogenated alkanes) is 2. The summed E-state index contributed by atoms with van der Waals surface area (Å²) in [7, 11) is 0. The Labute approximate surface area is 160 Å². The molecule has 148 valence electrons. The van der Waals surface area contributed by atoms with Gasteiger partial charge < -0.3 is 9.84 Å². The van der Waals surface area contributed by atoms with Gasteiger partial charge in [-0.2, -0.15) is 0 Å². The van der Waals surface area contributed by atoms with Crippen molar-refractivity contribution < 1.29 is 14.6 Å². The van der Waals surface area contributed by atoms with Crippen LogP contribution in [-0.2, 0) is 9.53 Å². The Hall–Kier alpha value is -1.61. The lowest BCUT2D eigenvalue weighted by atomic mass is 9.95. The van der Waals surface area contributed by atoms with E-state index >= 15 is 0 Å². The molecule has 0 aromatic rings. The molecule has 3 nitrogen and oxygen atoms in total. The Morgan fingerprint density at radius 1 is 0.962 bits per heavy atom. The van der Waals surface area contributed by atoms with E-state index < -0.39 is 5.60 Å². The minimum Gasteiger partial charge on any atom is -0.466 e. The molecule has 0 rings (SSSR count). The Kier molecular flexibility index (Phi) is 15.8. The number of aliphatic hydroxyl groups is 1. The summed E-state index contributed by atoms with van der Waals surface area (Å²) in [6.07, 6.45) is 24.6. The number of ether oxygens (including phenoxy) is 1. The first-order valence-corrected chi connectivity index (χ1v) is 10.0. The van der Waals surface area contributed by atoms with Crippen molar-refractivity contribution in [2.45, 2.75) is 84.2 Å². The van der Waals surface area contributed by atoms with Crippen LogP contribution in [0.3, 0.4) is 0 Å². The molecule has 1 unspecified atom stereocenters. The molecule has 0 saturated carbocycles. The quantitative estimate of drug-likeness (QED) is 0.167. The summed E-state index contributed by atoms with van der Waals surface area (Å²) >= 11 is 0. The third-order valence-electron chi connectivity index (χ3n) is 3.94. The average molecular weight is 363 g/mol. The van der Waals surface area contributed by atoms with E-state index in [1.165, 1.54) is 0 Å². The molecule has 0 aliphatic carbocycles. The highest BCUT2D eigenvalue weighted by Gasteiger charge is 2.16. The molecule has 0 heterocycles. The van der Waals surface area contributed by atoms with E-state index in [-0.39, 0.29) is 5.97 Å². The fourth-order valence-corrected chi connectivity index (χ4v) is 2.38. The summed E-state index contributed by atoms with van der Waals surface area (Å²) in [5.74, 6) is -0.105. The van der Waals surface area contributed by atoms with Crippen LogP contribution in [-0.4, -0.2) is 23.3 Å². The standard InChI is InChI=1S/C23H38O3/c1-4-6-20-23(3,25)21-18-16-14-12-10-8-7-9-11-13-15-17-19-22(24)26-5-2/h7-8,11-14,16,18,25H,4-6,9-10,15,17,19-21H2,1-3H3/b8-7-,13-11-,14-12-,18-16+. The molecule has 3 heteroatoms. The number of esters is 1. The third-order valence-corrected chi connectivity index (χ3v) is 3.94. The van der Waals surface area contributed by atoms with Crippen molar-refractivity contribution in [3.63, 3.8) is 0 Å². The highest BCUT2D eigenvalue weighted by atomic mass is 16.5. The van der Waals surface area contributed by atoms with Crippen molar-refractivity contribution >= 4 is 5.97 Å². The van der Waals surface area contributed by atoms with Gasteiger partial charge in [-0.1, -0.05) is 68.4 Å². The van der Waals surface area contributed by atoms with Gasteiger partial charge in [-0.05, 0) is 52.4 Å². The zero-order valence-electron chi connectivity index (χ0n) is 17.0. The number of carbonyl (C=O) groups is 1. The van der Waals surface area contributed by atoms with E-state index in [0.29, 0.717) is 19.4 Å². The van der Waals surface area contributed by atoms with E-state index in [1.54, 1.807) is 0 Å². The highest BCUT2D eigenvalue weighted by Crippen LogP contribution is 2.18. The maximum absolute atomic E-state index is 11.2. The molecule has 1 atom stereocenters. The van der Waals surface area contributed by atoms with E-state index in [4.69, 9.17) is 4.74 Å². The summed E-state index contributed by atoms with van der Waals surface area (Å²) in [6.45, 7) is 6.34. The molecule has 0 amide bonds. The number of carbonyl (C=O) groups excluding carboxylic acids is 1. The SMILES string of the molecule is CCCCC(C)(O)C/C=C/C=C\C/C=C\C/C=C\CCCC(=O)OCC. The molecule has 0 bridgehead atoms. The maximum atomic E-state index is 11.2. The predicted molar refractivity (Wildman–Crippen MR) is 111 cm³/mol. The van der Waals surface area contributed by atoms with Crippen LogP contribution >= 0.6 is 0 Å². The van der Waals surface area contributed by atoms with E-state index in [0.717, 1.165) is 44.9 Å². The highest BCUT2D eigenvalue weighted by molar-refractivity contribution is 5.69. The number of hydrogen-bond donors (Lipinski definition) is 1. The second-order valence-electron chi connectivity index (χ2n) is 6.77. The van der Waals surface area contributed by atoms with Crippen molar-refractivity contribution in [2.24, 2.45) is 0 Å². The molecule has 26 heavy (non-hydrogen) atoms. The molecule has 0 aromatic heterocycles. The van der Waals surface area contributed by atoms with Crippen molar-refractivity contribution in [1.82, 2.24) is 0 Å². The van der Waals surface area contributed by atoms with Gasteiger partial charge >= 0.3 is 5.97 Å². The molecule has 0 aromatic carbocycles. The molecule has 0 aliphatic heterocycles. The molecule has 0 saturated heterocycles. The lowest BCUT2D eigenvalue weighted by Crippen LogP contribution is -2.22. The van der Waals surface area contributed by atoms with Gasteiger partial charge in [-0.25, -0.2) is 0 Å². The van der Waals surface area contributed by atoms with Gasteiger partial charge in [0, 0.05) is 6.42 Å². The minimum absolute atomic E-state index is 0.105. The smallest absolute Gasteiger partial charge is 0.305 e. The first-order chi connectivity index (χ1) is 12.5. The van der Waals surface area contributed by atoms with E-state index in [1.807, 2.05) is 32.1 Å². The topological polar surface area (TPSA) is 46.5 Å². The summed E-state index contributed by atoms with van der Waals surface area (Å²) < 4.78 is 4.88. The molecule has 0 spiro atoms. The van der Waals surface area contributed by atoms with Gasteiger partial charge in [0.05, 0.1) is 12.2 Å². The summed E-state index contributed by atoms with van der Waals surface area (Å²) in [4.78, 5) is 11.2. The molecule has 1 N–H and O–H groups in total. The Bertz CT molecular complexity index is 456. The summed E-state index contributed by atoms with van der Waals surface area (Å²) in [5.41, 5.74) is -0.580. The van der Waals surface area contributed by atoms with Crippen LogP contribution in [0.5, 0.6) is 0 Å². The van der Waals surface area contributed by atoms with E-state index in [9.17, 15) is 9.90 Å². The van der Waals surface area contributed by atoms with Gasteiger partial charge in [-0.3, -0.25) is 4.79 Å². The van der Waals surface area contributed by atoms with Crippen LogP contribution in [0.15, 0.2) is 48.6 Å². The Balaban J connectivity index is 3.68. The fraction of sp³-hybridized carbons (Fsp3) is 0.609. The molecular formula is C23H38O3. The first-order valence-electron chi connectivity index (χ1n) is 10.0. The molecule has 0 fully saturated rings. The molecular weight excluding hydrogens is 324 g/mol. The van der Waals surface area contributed by atoms with Gasteiger partial charge in [0.25, 0.3) is 0 Å². The molecule has 0 radical (unpaired) electrons. The minimum atomic E-state index is -0.580. The van der Waals surface area contributed by atoms with Crippen LogP contribution in [0.1, 0.15) is 78.6 Å². The van der Waals surface area contributed by atoms with Crippen molar-refractivity contribution in [1.29, 1.82) is 0 Å². The van der Waals surface area contributed by atoms with Gasteiger partial charge in [0.2, 0.25) is 0 Å². The van der Waals surface area contributed by atoms with Crippen LogP contribution in [0, 0.1) is 0 Å². The van der Waals surface area contributed by atoms with Gasteiger partial charge in [-0.15, -0.1) is 0 Å². The lowest BCUT2D eigenvalue weighted by molar-refractivity contribution is -0.143. The summed E-state index contributed by atoms with van der Waals surface area (Å²) in [5, 5.41) is 10.2. The zero-order valence-corrected chi connectivity index (χ0v) is 17.0. The normalized spacial score (nSPS) is 14.8. The average Bonchev–Trinajstić information content (AvgIpc) is 2.60. The van der Waals surface area contributed by atoms with Crippen LogP contribution in [0.2, 0.25) is 0 Å². The predicted octanol–water partition coefficient (Wildman–Crippen LogP) is 6.06. The van der Waals surface area contributed by atoms with Crippen molar-refractivity contribution in [3.05, 3.63) is 48.6 Å². The second kappa shape index (κ2) is 16.8. The third kappa shape index (κ3) is 17.2. The number of hydrogen-bond acceptors (Lipinski definition) is 3. The van der Waals surface area contributed by atoms with Crippen molar-refractivity contribution in [3.8, 4) is 0 Å². The zero-order chi connectivity index (χ0) is 19.5. The first kappa shape index (κ1) is 24.4. The number of allylic oxidation sites excluding steroid dienone is 7. The van der Waals surface area contributed by atoms with Crippen molar-refractivity contribution in [2.75, 3.05) is 6.61 Å². The fourth-order valence-electron chi connectivity index (χ4n) is 2.38. The molecule has 0 aliphatic rings. The second-order valence-corrected chi connectivity index (χ2v) is 6.77. The van der Waals surface area contributed by atoms with E-state index in [2.05, 4.69) is 37.3 Å². The largest absolute Gasteiger partial charge is 0.466 e. The van der Waals surface area contributed by atoms with Crippen LogP contribution in [0.25, 0.3) is 0 Å². The summed E-state index contributed by atoms with van der Waals surface area (Å²) in [6, 6.07) is 0. The van der Waals surface area contributed by atoms with Gasteiger partial charge in [0.15, 0.2) is 0 Å². The monoisotopic (exact) mass is 362 g/mol. The van der Waals surface area contributed by atoms with Gasteiger partial charge in [0.1, 0.15) is 0 Å². The lowest BCUT2D eigenvalue weighted by Gasteiger charge is -2.20. The van der Waals surface area contributed by atoms with Crippen LogP contribution < -0.4 is 0 Å². The van der Waals surface area contributed by atoms with Crippen LogP contribution in [0.4, 0.5) is 0 Å². The Morgan fingerprint density at radius 3 is 2.31 bits per heavy atom. The number of rotatable bonds is 15. The Morgan fingerprint density at radius 2 is 1.62 bits per heavy atom. The maximum Gasteiger partial charge on any atom is 0.305 e.